The van der Waals surface area contributed by atoms with Crippen LogP contribution in [-0.4, -0.2) is 14.2 Å². The van der Waals surface area contributed by atoms with Gasteiger partial charge < -0.3 is 5.11 Å². The summed E-state index contributed by atoms with van der Waals surface area (Å²) >= 11 is 0. The Morgan fingerprint density at radius 2 is 1.93 bits per heavy atom. The molecular weight excluding hydrogens is 196 g/mol. The van der Waals surface area contributed by atoms with Crippen molar-refractivity contribution in [3.8, 4) is 5.88 Å². The molecule has 0 radical (unpaired) electrons. The molecule has 1 aromatic rings. The van der Waals surface area contributed by atoms with Crippen molar-refractivity contribution < 1.29 is 5.11 Å². The zero-order valence-corrected chi connectivity index (χ0v) is 9.06. The van der Waals surface area contributed by atoms with Gasteiger partial charge in [0.1, 0.15) is 0 Å². The van der Waals surface area contributed by atoms with E-state index >= 15 is 0 Å². The number of aromatic nitrogens is 2. The lowest BCUT2D eigenvalue weighted by Gasteiger charge is -2.09. The Balaban J connectivity index is 3.27. The van der Waals surface area contributed by atoms with Crippen LogP contribution in [-0.2, 0) is 13.1 Å². The summed E-state index contributed by atoms with van der Waals surface area (Å²) in [5.74, 6) is -0.247. The molecule has 1 heterocycles. The molecule has 0 unspecified atom stereocenters. The summed E-state index contributed by atoms with van der Waals surface area (Å²) < 4.78 is 2.34. The van der Waals surface area contributed by atoms with E-state index in [9.17, 15) is 14.7 Å². The van der Waals surface area contributed by atoms with Crippen LogP contribution in [0.3, 0.4) is 0 Å². The van der Waals surface area contributed by atoms with E-state index in [4.69, 9.17) is 0 Å². The molecule has 0 aliphatic heterocycles. The lowest BCUT2D eigenvalue weighted by molar-refractivity contribution is 0.385. The van der Waals surface area contributed by atoms with Crippen LogP contribution in [0.15, 0.2) is 15.7 Å². The average Bonchev–Trinajstić information content (AvgIpc) is 2.17. The number of aromatic hydroxyl groups is 1. The minimum absolute atomic E-state index is 0.247. The fourth-order valence-corrected chi connectivity index (χ4v) is 1.42. The van der Waals surface area contributed by atoms with Gasteiger partial charge in [0, 0.05) is 13.1 Å². The van der Waals surface area contributed by atoms with Gasteiger partial charge in [0.25, 0.3) is 5.56 Å². The summed E-state index contributed by atoms with van der Waals surface area (Å²) in [5, 5.41) is 9.47. The molecule has 1 N–H and O–H groups in total. The fourth-order valence-electron chi connectivity index (χ4n) is 1.42. The quantitative estimate of drug-likeness (QED) is 0.792. The Kier molecular flexibility index (Phi) is 3.71. The predicted octanol–water partition coefficient (Wildman–Crippen LogP) is 0.536. The number of rotatable bonds is 4. The molecule has 1 aromatic heterocycles. The van der Waals surface area contributed by atoms with Crippen molar-refractivity contribution in [3.05, 3.63) is 26.9 Å². The van der Waals surface area contributed by atoms with Gasteiger partial charge in [0.05, 0.1) is 6.07 Å². The second kappa shape index (κ2) is 4.82. The molecule has 0 aliphatic carbocycles. The number of nitrogens with zero attached hydrogens (tertiary/aromatic N) is 2. The molecule has 0 amide bonds. The molecule has 0 fully saturated rings. The van der Waals surface area contributed by atoms with Gasteiger partial charge in [-0.15, -0.1) is 0 Å². The molecular formula is C10H16N2O3. The Hall–Kier alpha value is -1.52. The molecule has 15 heavy (non-hydrogen) atoms. The van der Waals surface area contributed by atoms with Gasteiger partial charge in [0.15, 0.2) is 0 Å². The van der Waals surface area contributed by atoms with Gasteiger partial charge in [-0.1, -0.05) is 13.3 Å². The maximum Gasteiger partial charge on any atom is 0.333 e. The Labute approximate surface area is 87.6 Å². The maximum atomic E-state index is 11.7. The average molecular weight is 212 g/mol. The first kappa shape index (κ1) is 11.6. The first-order valence-corrected chi connectivity index (χ1v) is 5.15. The third kappa shape index (κ3) is 2.29. The van der Waals surface area contributed by atoms with E-state index in [1.165, 1.54) is 4.57 Å². The Morgan fingerprint density at radius 1 is 1.27 bits per heavy atom. The van der Waals surface area contributed by atoms with Crippen LogP contribution in [0.2, 0.25) is 0 Å². The number of hydrogen-bond acceptors (Lipinski definition) is 3. The van der Waals surface area contributed by atoms with Gasteiger partial charge in [-0.05, 0) is 13.3 Å². The lowest BCUT2D eigenvalue weighted by atomic mass is 10.3. The minimum Gasteiger partial charge on any atom is -0.494 e. The first-order valence-electron chi connectivity index (χ1n) is 5.15. The molecule has 0 aliphatic rings. The van der Waals surface area contributed by atoms with Gasteiger partial charge in [-0.3, -0.25) is 13.9 Å². The standard InChI is InChI=1S/C10H16N2O3/c1-3-5-6-12-9(14)7-8(13)11(4-2)10(12)15/h7,14H,3-6H2,1-2H3. The van der Waals surface area contributed by atoms with E-state index in [-0.39, 0.29) is 5.88 Å². The summed E-state index contributed by atoms with van der Waals surface area (Å²) in [6, 6.07) is 1.08. The molecule has 5 heteroatoms. The summed E-state index contributed by atoms with van der Waals surface area (Å²) in [7, 11) is 0. The summed E-state index contributed by atoms with van der Waals surface area (Å²) in [6.45, 7) is 4.49. The second-order valence-electron chi connectivity index (χ2n) is 3.37. The Morgan fingerprint density at radius 3 is 2.47 bits per heavy atom. The van der Waals surface area contributed by atoms with Gasteiger partial charge in [-0.25, -0.2) is 4.79 Å². The predicted molar refractivity (Wildman–Crippen MR) is 57.2 cm³/mol. The van der Waals surface area contributed by atoms with E-state index in [0.717, 1.165) is 23.5 Å². The van der Waals surface area contributed by atoms with E-state index in [1.807, 2.05) is 6.92 Å². The highest BCUT2D eigenvalue weighted by molar-refractivity contribution is 5.06. The third-order valence-electron chi connectivity index (χ3n) is 2.31. The molecule has 1 rings (SSSR count). The van der Waals surface area contributed by atoms with Crippen LogP contribution >= 0.6 is 0 Å². The lowest BCUT2D eigenvalue weighted by Crippen LogP contribution is -2.38. The molecule has 0 bridgehead atoms. The highest BCUT2D eigenvalue weighted by Crippen LogP contribution is 2.03. The van der Waals surface area contributed by atoms with Gasteiger partial charge in [-0.2, -0.15) is 0 Å². The van der Waals surface area contributed by atoms with Crippen LogP contribution in [0.1, 0.15) is 26.7 Å². The molecule has 0 spiro atoms. The van der Waals surface area contributed by atoms with Crippen LogP contribution in [0.5, 0.6) is 5.88 Å². The van der Waals surface area contributed by atoms with E-state index in [1.54, 1.807) is 6.92 Å². The van der Waals surface area contributed by atoms with E-state index in [0.29, 0.717) is 13.1 Å². The normalized spacial score (nSPS) is 10.5. The molecule has 0 aromatic carbocycles. The van der Waals surface area contributed by atoms with Crippen LogP contribution in [0.25, 0.3) is 0 Å². The van der Waals surface area contributed by atoms with Crippen molar-refractivity contribution in [2.75, 3.05) is 0 Å². The Bertz CT molecular complexity index is 445. The molecule has 0 saturated carbocycles. The largest absolute Gasteiger partial charge is 0.494 e. The van der Waals surface area contributed by atoms with Crippen molar-refractivity contribution >= 4 is 0 Å². The monoisotopic (exact) mass is 212 g/mol. The topological polar surface area (TPSA) is 64.2 Å². The number of hydrogen-bond donors (Lipinski definition) is 1. The SMILES string of the molecule is CCCCn1c(O)cc(=O)n(CC)c1=O. The van der Waals surface area contributed by atoms with Gasteiger partial charge in [0.2, 0.25) is 5.88 Å². The summed E-state index contributed by atoms with van der Waals surface area (Å²) in [4.78, 5) is 23.0. The smallest absolute Gasteiger partial charge is 0.333 e. The van der Waals surface area contributed by atoms with E-state index in [2.05, 4.69) is 0 Å². The number of unbranched alkanes of at least 4 members (excludes halogenated alkanes) is 1. The molecule has 5 nitrogen and oxygen atoms in total. The van der Waals surface area contributed by atoms with Gasteiger partial charge >= 0.3 is 5.69 Å². The van der Waals surface area contributed by atoms with Crippen molar-refractivity contribution in [1.82, 2.24) is 9.13 Å². The third-order valence-corrected chi connectivity index (χ3v) is 2.31. The van der Waals surface area contributed by atoms with Crippen LogP contribution in [0, 0.1) is 0 Å². The van der Waals surface area contributed by atoms with Crippen LogP contribution < -0.4 is 11.2 Å². The summed E-state index contributed by atoms with van der Waals surface area (Å²) in [5.41, 5.74) is -0.885. The highest BCUT2D eigenvalue weighted by atomic mass is 16.3. The molecule has 0 atom stereocenters. The van der Waals surface area contributed by atoms with Crippen molar-refractivity contribution in [3.63, 3.8) is 0 Å². The highest BCUT2D eigenvalue weighted by Gasteiger charge is 2.08. The summed E-state index contributed by atoms with van der Waals surface area (Å²) in [6.07, 6.45) is 1.73. The van der Waals surface area contributed by atoms with Crippen LogP contribution in [0.4, 0.5) is 0 Å². The zero-order valence-electron chi connectivity index (χ0n) is 9.06. The second-order valence-corrected chi connectivity index (χ2v) is 3.37. The molecule has 0 saturated heterocycles. The first-order chi connectivity index (χ1) is 7.11. The fraction of sp³-hybridized carbons (Fsp3) is 0.600. The van der Waals surface area contributed by atoms with Crippen molar-refractivity contribution in [1.29, 1.82) is 0 Å². The maximum absolute atomic E-state index is 11.7. The minimum atomic E-state index is -0.451. The zero-order chi connectivity index (χ0) is 11.4. The van der Waals surface area contributed by atoms with Crippen molar-refractivity contribution in [2.45, 2.75) is 39.8 Å². The molecule has 84 valence electrons. The van der Waals surface area contributed by atoms with Crippen molar-refractivity contribution in [2.24, 2.45) is 0 Å². The van der Waals surface area contributed by atoms with E-state index < -0.39 is 11.2 Å².